The Hall–Kier alpha value is -3.45. The van der Waals surface area contributed by atoms with Crippen molar-refractivity contribution >= 4 is 40.3 Å². The summed E-state index contributed by atoms with van der Waals surface area (Å²) >= 11 is 1.55. The Kier molecular flexibility index (Phi) is 4.40. The van der Waals surface area contributed by atoms with Crippen LogP contribution in [0.1, 0.15) is 27.3 Å². The molecule has 0 radical (unpaired) electrons. The van der Waals surface area contributed by atoms with Gasteiger partial charge in [-0.25, -0.2) is 9.18 Å². The molecule has 7 heteroatoms. The Balaban J connectivity index is 1.50. The maximum Gasteiger partial charge on any atom is 0.336 e. The van der Waals surface area contributed by atoms with E-state index >= 15 is 0 Å². The molecule has 1 aliphatic rings. The Morgan fingerprint density at radius 1 is 1.13 bits per heavy atom. The van der Waals surface area contributed by atoms with E-state index in [1.165, 1.54) is 24.4 Å². The quantitative estimate of drug-likeness (QED) is 0.503. The van der Waals surface area contributed by atoms with Crippen LogP contribution in [0, 0.1) is 5.82 Å². The van der Waals surface area contributed by atoms with Gasteiger partial charge in [0, 0.05) is 34.8 Å². The average Bonchev–Trinajstić information content (AvgIpc) is 3.28. The monoisotopic (exact) mass is 417 g/mol. The zero-order chi connectivity index (χ0) is 20.8. The molecule has 5 nitrogen and oxygen atoms in total. The highest BCUT2D eigenvalue weighted by molar-refractivity contribution is 7.99. The Morgan fingerprint density at radius 3 is 2.67 bits per heavy atom. The number of hydrogen-bond donors (Lipinski definition) is 1. The number of halogens is 1. The summed E-state index contributed by atoms with van der Waals surface area (Å²) in [6, 6.07) is 14.0. The molecule has 4 aromatic rings. The van der Waals surface area contributed by atoms with Crippen LogP contribution in [-0.2, 0) is 13.5 Å². The number of aryl methyl sites for hydroxylation is 1. The number of rotatable bonds is 4. The van der Waals surface area contributed by atoms with Crippen molar-refractivity contribution < 1.29 is 14.3 Å². The number of nitrogens with zero attached hydrogens (tertiary/aromatic N) is 3. The van der Waals surface area contributed by atoms with Crippen LogP contribution in [0.2, 0.25) is 0 Å². The largest absolute Gasteiger partial charge is 0.478 e. The van der Waals surface area contributed by atoms with E-state index in [4.69, 9.17) is 0 Å². The lowest BCUT2D eigenvalue weighted by atomic mass is 10.0. The minimum atomic E-state index is -0.944. The standard InChI is InChI=1S/C23H16FN3O2S/c1-27-22(13-10-19-17(23(28)29)8-9-25-20(19)11-13)18-7-6-16(12-21(18)26-27)30-15-4-2-14(24)3-5-15/h2-9,11-12H,10H2,1H3,(H,28,29). The Labute approximate surface area is 175 Å². The van der Waals surface area contributed by atoms with Crippen molar-refractivity contribution in [2.75, 3.05) is 0 Å². The molecule has 30 heavy (non-hydrogen) atoms. The molecule has 1 aliphatic carbocycles. The molecule has 1 N–H and O–H groups in total. The third-order valence-corrected chi connectivity index (χ3v) is 6.15. The topological polar surface area (TPSA) is 68.0 Å². The van der Waals surface area contributed by atoms with Crippen molar-refractivity contribution in [1.29, 1.82) is 0 Å². The summed E-state index contributed by atoms with van der Waals surface area (Å²) in [6.07, 6.45) is 3.98. The molecule has 0 spiro atoms. The number of hydrogen-bond acceptors (Lipinski definition) is 4. The van der Waals surface area contributed by atoms with Crippen LogP contribution in [-0.4, -0.2) is 25.8 Å². The molecule has 0 unspecified atom stereocenters. The maximum absolute atomic E-state index is 13.1. The maximum atomic E-state index is 13.1. The number of benzene rings is 2. The molecule has 0 saturated heterocycles. The van der Waals surface area contributed by atoms with E-state index in [1.54, 1.807) is 23.9 Å². The van der Waals surface area contributed by atoms with Gasteiger partial charge in [0.05, 0.1) is 22.5 Å². The molecular formula is C23H16FN3O2S. The van der Waals surface area contributed by atoms with Gasteiger partial charge in [0.2, 0.25) is 0 Å². The summed E-state index contributed by atoms with van der Waals surface area (Å²) in [5.41, 5.74) is 4.52. The second-order valence-corrected chi connectivity index (χ2v) is 8.23. The van der Waals surface area contributed by atoms with Crippen LogP contribution in [0.3, 0.4) is 0 Å². The van der Waals surface area contributed by atoms with Crippen molar-refractivity contribution in [2.45, 2.75) is 16.2 Å². The molecule has 2 aromatic carbocycles. The van der Waals surface area contributed by atoms with E-state index < -0.39 is 5.97 Å². The normalized spacial score (nSPS) is 12.8. The van der Waals surface area contributed by atoms with Crippen molar-refractivity contribution in [1.82, 2.24) is 14.8 Å². The fourth-order valence-electron chi connectivity index (χ4n) is 3.84. The van der Waals surface area contributed by atoms with E-state index in [0.717, 1.165) is 37.5 Å². The zero-order valence-electron chi connectivity index (χ0n) is 16.0. The fourth-order valence-corrected chi connectivity index (χ4v) is 4.69. The minimum Gasteiger partial charge on any atom is -0.478 e. The average molecular weight is 417 g/mol. The summed E-state index contributed by atoms with van der Waals surface area (Å²) in [7, 11) is 1.89. The number of aromatic carboxylic acids is 1. The summed E-state index contributed by atoms with van der Waals surface area (Å²) in [5.74, 6) is -1.20. The Morgan fingerprint density at radius 2 is 1.90 bits per heavy atom. The van der Waals surface area contributed by atoms with Gasteiger partial charge in [-0.2, -0.15) is 5.10 Å². The van der Waals surface area contributed by atoms with Crippen molar-refractivity contribution in [3.05, 3.63) is 83.1 Å². The third kappa shape index (κ3) is 3.17. The van der Waals surface area contributed by atoms with Crippen LogP contribution in [0.4, 0.5) is 4.39 Å². The minimum absolute atomic E-state index is 0.254. The molecule has 148 valence electrons. The lowest BCUT2D eigenvalue weighted by molar-refractivity contribution is 0.0695. The van der Waals surface area contributed by atoms with Crippen LogP contribution < -0.4 is 0 Å². The lowest BCUT2D eigenvalue weighted by Crippen LogP contribution is -2.04. The highest BCUT2D eigenvalue weighted by Gasteiger charge is 2.24. The number of aromatic nitrogens is 3. The van der Waals surface area contributed by atoms with E-state index in [9.17, 15) is 14.3 Å². The molecule has 0 atom stereocenters. The second-order valence-electron chi connectivity index (χ2n) is 7.08. The molecular weight excluding hydrogens is 401 g/mol. The SMILES string of the molecule is Cn1nc2cc(Sc3ccc(F)cc3)ccc2c1C1=Cc2nccc(C(=O)O)c2C1. The van der Waals surface area contributed by atoms with Crippen LogP contribution in [0.5, 0.6) is 0 Å². The van der Waals surface area contributed by atoms with E-state index in [2.05, 4.69) is 10.1 Å². The zero-order valence-corrected chi connectivity index (χ0v) is 16.8. The summed E-state index contributed by atoms with van der Waals surface area (Å²) in [4.78, 5) is 17.9. The number of carboxylic acids is 1. The molecule has 0 amide bonds. The van der Waals surface area contributed by atoms with Gasteiger partial charge in [0.25, 0.3) is 0 Å². The van der Waals surface area contributed by atoms with Crippen molar-refractivity contribution in [3.63, 3.8) is 0 Å². The molecule has 2 heterocycles. The van der Waals surface area contributed by atoms with Gasteiger partial charge < -0.3 is 5.11 Å². The Bertz CT molecular complexity index is 1340. The van der Waals surface area contributed by atoms with Gasteiger partial charge in [-0.3, -0.25) is 9.67 Å². The van der Waals surface area contributed by atoms with Gasteiger partial charge in [0.15, 0.2) is 0 Å². The number of pyridine rings is 1. The highest BCUT2D eigenvalue weighted by Crippen LogP contribution is 2.37. The van der Waals surface area contributed by atoms with Crippen LogP contribution in [0.25, 0.3) is 22.6 Å². The summed E-state index contributed by atoms with van der Waals surface area (Å²) in [5, 5.41) is 15.1. The smallest absolute Gasteiger partial charge is 0.336 e. The third-order valence-electron chi connectivity index (χ3n) is 5.16. The number of carbonyl (C=O) groups is 1. The molecule has 0 fully saturated rings. The summed E-state index contributed by atoms with van der Waals surface area (Å²) < 4.78 is 15.0. The van der Waals surface area contributed by atoms with E-state index in [1.807, 2.05) is 36.0 Å². The van der Waals surface area contributed by atoms with Crippen LogP contribution >= 0.6 is 11.8 Å². The number of carboxylic acid groups (broad SMARTS) is 1. The lowest BCUT2D eigenvalue weighted by Gasteiger charge is -2.06. The number of allylic oxidation sites excluding steroid dienone is 1. The first-order valence-corrected chi connectivity index (χ1v) is 10.1. The van der Waals surface area contributed by atoms with Crippen molar-refractivity contribution in [2.24, 2.45) is 7.05 Å². The van der Waals surface area contributed by atoms with Gasteiger partial charge in [-0.15, -0.1) is 0 Å². The van der Waals surface area contributed by atoms with E-state index in [-0.39, 0.29) is 11.4 Å². The van der Waals surface area contributed by atoms with Crippen molar-refractivity contribution in [3.8, 4) is 0 Å². The van der Waals surface area contributed by atoms with Gasteiger partial charge in [0.1, 0.15) is 5.82 Å². The summed E-state index contributed by atoms with van der Waals surface area (Å²) in [6.45, 7) is 0. The first-order chi connectivity index (χ1) is 14.5. The van der Waals surface area contributed by atoms with Gasteiger partial charge in [-0.1, -0.05) is 11.8 Å². The molecule has 5 rings (SSSR count). The first-order valence-electron chi connectivity index (χ1n) is 9.32. The van der Waals surface area contributed by atoms with Crippen LogP contribution in [0.15, 0.2) is 64.5 Å². The van der Waals surface area contributed by atoms with Gasteiger partial charge in [-0.05, 0) is 65.7 Å². The number of fused-ring (bicyclic) bond motifs is 2. The molecule has 0 bridgehead atoms. The predicted octanol–water partition coefficient (Wildman–Crippen LogP) is 5.05. The van der Waals surface area contributed by atoms with E-state index in [0.29, 0.717) is 12.1 Å². The predicted molar refractivity (Wildman–Crippen MR) is 114 cm³/mol. The molecule has 2 aromatic heterocycles. The fraction of sp³-hybridized carbons (Fsp3) is 0.0870. The van der Waals surface area contributed by atoms with Gasteiger partial charge >= 0.3 is 5.97 Å². The second kappa shape index (κ2) is 7.11. The first kappa shape index (κ1) is 18.6. The highest BCUT2D eigenvalue weighted by atomic mass is 32.2. The molecule has 0 saturated carbocycles. The molecule has 0 aliphatic heterocycles.